The summed E-state index contributed by atoms with van der Waals surface area (Å²) in [5.74, 6) is 0.644. The van der Waals surface area contributed by atoms with Crippen molar-refractivity contribution in [3.8, 4) is 11.5 Å². The SMILES string of the molecule is CCOC(OCC)c1ccc(-c2cnco2)nc1. The number of oxazole rings is 1. The van der Waals surface area contributed by atoms with Crippen molar-refractivity contribution in [1.82, 2.24) is 9.97 Å². The van der Waals surface area contributed by atoms with Gasteiger partial charge >= 0.3 is 0 Å². The highest BCUT2D eigenvalue weighted by Crippen LogP contribution is 2.21. The third kappa shape index (κ3) is 2.94. The summed E-state index contributed by atoms with van der Waals surface area (Å²) < 4.78 is 16.2. The van der Waals surface area contributed by atoms with Gasteiger partial charge in [-0.25, -0.2) is 4.98 Å². The van der Waals surface area contributed by atoms with Crippen LogP contribution in [0.2, 0.25) is 0 Å². The van der Waals surface area contributed by atoms with Gasteiger partial charge in [-0.3, -0.25) is 4.98 Å². The summed E-state index contributed by atoms with van der Waals surface area (Å²) in [6.07, 6.45) is 4.38. The van der Waals surface area contributed by atoms with Crippen LogP contribution in [-0.4, -0.2) is 23.2 Å². The van der Waals surface area contributed by atoms with Crippen molar-refractivity contribution in [3.05, 3.63) is 36.5 Å². The van der Waals surface area contributed by atoms with E-state index in [2.05, 4.69) is 9.97 Å². The zero-order valence-electron chi connectivity index (χ0n) is 10.5. The van der Waals surface area contributed by atoms with Crippen LogP contribution in [0.1, 0.15) is 25.7 Å². The Morgan fingerprint density at radius 3 is 2.44 bits per heavy atom. The van der Waals surface area contributed by atoms with Gasteiger partial charge in [-0.2, -0.15) is 0 Å². The van der Waals surface area contributed by atoms with E-state index in [1.54, 1.807) is 12.4 Å². The van der Waals surface area contributed by atoms with E-state index >= 15 is 0 Å². The Labute approximate surface area is 106 Å². The third-order valence-corrected chi connectivity index (χ3v) is 2.38. The maximum atomic E-state index is 5.50. The van der Waals surface area contributed by atoms with Crippen LogP contribution < -0.4 is 0 Å². The molecule has 0 aliphatic heterocycles. The lowest BCUT2D eigenvalue weighted by atomic mass is 10.2. The van der Waals surface area contributed by atoms with Gasteiger partial charge in [0.05, 0.1) is 6.20 Å². The maximum absolute atomic E-state index is 5.50. The standard InChI is InChI=1S/C13H16N2O3/c1-3-16-13(17-4-2)10-5-6-11(15-7-10)12-8-14-9-18-12/h5-9,13H,3-4H2,1-2H3. The van der Waals surface area contributed by atoms with E-state index < -0.39 is 0 Å². The van der Waals surface area contributed by atoms with Gasteiger partial charge < -0.3 is 13.9 Å². The molecule has 0 fully saturated rings. The molecule has 0 bridgehead atoms. The molecule has 5 heteroatoms. The molecule has 2 aromatic rings. The Kier molecular flexibility index (Phi) is 4.44. The highest BCUT2D eigenvalue weighted by atomic mass is 16.7. The summed E-state index contributed by atoms with van der Waals surface area (Å²) >= 11 is 0. The molecule has 5 nitrogen and oxygen atoms in total. The minimum absolute atomic E-state index is 0.365. The number of aromatic nitrogens is 2. The molecule has 0 unspecified atom stereocenters. The Morgan fingerprint density at radius 1 is 1.17 bits per heavy atom. The minimum atomic E-state index is -0.365. The van der Waals surface area contributed by atoms with Gasteiger partial charge in [0.2, 0.25) is 0 Å². The van der Waals surface area contributed by atoms with Gasteiger partial charge in [-0.15, -0.1) is 0 Å². The molecule has 0 aliphatic carbocycles. The Hall–Kier alpha value is -1.72. The molecule has 0 amide bonds. The van der Waals surface area contributed by atoms with Crippen molar-refractivity contribution in [2.45, 2.75) is 20.1 Å². The molecule has 0 spiro atoms. The first-order valence-electron chi connectivity index (χ1n) is 5.93. The monoisotopic (exact) mass is 248 g/mol. The molecule has 0 aromatic carbocycles. The van der Waals surface area contributed by atoms with Crippen LogP contribution in [0, 0.1) is 0 Å². The van der Waals surface area contributed by atoms with Crippen LogP contribution in [0.5, 0.6) is 0 Å². The second kappa shape index (κ2) is 6.28. The maximum Gasteiger partial charge on any atom is 0.185 e. The predicted octanol–water partition coefficient (Wildman–Crippen LogP) is 2.81. The lowest BCUT2D eigenvalue weighted by molar-refractivity contribution is -0.140. The molecule has 2 aromatic heterocycles. The quantitative estimate of drug-likeness (QED) is 0.736. The smallest absolute Gasteiger partial charge is 0.185 e. The lowest BCUT2D eigenvalue weighted by Gasteiger charge is -2.16. The molecular formula is C13H16N2O3. The second-order valence-corrected chi connectivity index (χ2v) is 3.59. The number of hydrogen-bond acceptors (Lipinski definition) is 5. The second-order valence-electron chi connectivity index (χ2n) is 3.59. The van der Waals surface area contributed by atoms with Gasteiger partial charge in [-0.1, -0.05) is 6.07 Å². The fourth-order valence-corrected chi connectivity index (χ4v) is 1.58. The lowest BCUT2D eigenvalue weighted by Crippen LogP contribution is -2.09. The Balaban J connectivity index is 2.15. The highest BCUT2D eigenvalue weighted by Gasteiger charge is 2.12. The zero-order chi connectivity index (χ0) is 12.8. The number of pyridine rings is 1. The molecule has 96 valence electrons. The van der Waals surface area contributed by atoms with Crippen molar-refractivity contribution >= 4 is 0 Å². The highest BCUT2D eigenvalue weighted by molar-refractivity contribution is 5.50. The summed E-state index contributed by atoms with van der Waals surface area (Å²) in [7, 11) is 0. The van der Waals surface area contributed by atoms with Crippen molar-refractivity contribution in [3.63, 3.8) is 0 Å². The van der Waals surface area contributed by atoms with Crippen LogP contribution in [0.15, 0.2) is 35.3 Å². The molecular weight excluding hydrogens is 232 g/mol. The number of hydrogen-bond donors (Lipinski definition) is 0. The Bertz CT molecular complexity index is 448. The molecule has 0 saturated heterocycles. The van der Waals surface area contributed by atoms with Gasteiger partial charge in [0.25, 0.3) is 0 Å². The fourth-order valence-electron chi connectivity index (χ4n) is 1.58. The zero-order valence-corrected chi connectivity index (χ0v) is 10.5. The third-order valence-electron chi connectivity index (χ3n) is 2.38. The van der Waals surface area contributed by atoms with Crippen molar-refractivity contribution in [2.24, 2.45) is 0 Å². The van der Waals surface area contributed by atoms with Crippen LogP contribution in [0.3, 0.4) is 0 Å². The van der Waals surface area contributed by atoms with Gasteiger partial charge in [0.1, 0.15) is 5.69 Å². The largest absolute Gasteiger partial charge is 0.442 e. The van der Waals surface area contributed by atoms with Crippen molar-refractivity contribution < 1.29 is 13.9 Å². The molecule has 2 rings (SSSR count). The van der Waals surface area contributed by atoms with E-state index in [-0.39, 0.29) is 6.29 Å². The summed E-state index contributed by atoms with van der Waals surface area (Å²) in [6.45, 7) is 5.05. The van der Waals surface area contributed by atoms with Crippen molar-refractivity contribution in [1.29, 1.82) is 0 Å². The summed E-state index contributed by atoms with van der Waals surface area (Å²) in [6, 6.07) is 3.78. The van der Waals surface area contributed by atoms with E-state index in [9.17, 15) is 0 Å². The number of nitrogens with zero attached hydrogens (tertiary/aromatic N) is 2. The van der Waals surface area contributed by atoms with Crippen LogP contribution in [0.4, 0.5) is 0 Å². The first-order valence-corrected chi connectivity index (χ1v) is 5.93. The van der Waals surface area contributed by atoms with Crippen LogP contribution in [0.25, 0.3) is 11.5 Å². The minimum Gasteiger partial charge on any atom is -0.442 e. The average Bonchev–Trinajstić information content (AvgIpc) is 2.93. The van der Waals surface area contributed by atoms with E-state index in [0.29, 0.717) is 19.0 Å². The van der Waals surface area contributed by atoms with Crippen LogP contribution >= 0.6 is 0 Å². The summed E-state index contributed by atoms with van der Waals surface area (Å²) in [5, 5.41) is 0. The van der Waals surface area contributed by atoms with Gasteiger partial charge in [0, 0.05) is 25.0 Å². The number of rotatable bonds is 6. The van der Waals surface area contributed by atoms with Crippen LogP contribution in [-0.2, 0) is 9.47 Å². The number of ether oxygens (including phenoxy) is 2. The van der Waals surface area contributed by atoms with Gasteiger partial charge in [-0.05, 0) is 19.9 Å². The Morgan fingerprint density at radius 2 is 1.94 bits per heavy atom. The fraction of sp³-hybridized carbons (Fsp3) is 0.385. The molecule has 0 aliphatic rings. The van der Waals surface area contributed by atoms with E-state index in [1.165, 1.54) is 6.39 Å². The van der Waals surface area contributed by atoms with E-state index in [4.69, 9.17) is 13.9 Å². The molecule has 18 heavy (non-hydrogen) atoms. The predicted molar refractivity (Wildman–Crippen MR) is 65.7 cm³/mol. The van der Waals surface area contributed by atoms with Crippen molar-refractivity contribution in [2.75, 3.05) is 13.2 Å². The van der Waals surface area contributed by atoms with E-state index in [0.717, 1.165) is 11.3 Å². The first kappa shape index (κ1) is 12.7. The first-order chi connectivity index (χ1) is 8.85. The topological polar surface area (TPSA) is 57.4 Å². The molecule has 0 N–H and O–H groups in total. The molecule has 2 heterocycles. The summed E-state index contributed by atoms with van der Waals surface area (Å²) in [5.41, 5.74) is 1.63. The molecule has 0 radical (unpaired) electrons. The summed E-state index contributed by atoms with van der Waals surface area (Å²) in [4.78, 5) is 8.17. The average molecular weight is 248 g/mol. The van der Waals surface area contributed by atoms with E-state index in [1.807, 2.05) is 26.0 Å². The van der Waals surface area contributed by atoms with Gasteiger partial charge in [0.15, 0.2) is 18.4 Å². The molecule has 0 atom stereocenters. The molecule has 0 saturated carbocycles. The normalized spacial score (nSPS) is 11.1.